The lowest BCUT2D eigenvalue weighted by Gasteiger charge is -2.12. The molecule has 152 valence electrons. The first kappa shape index (κ1) is 18.4. The molecule has 30 heavy (non-hydrogen) atoms. The lowest BCUT2D eigenvalue weighted by atomic mass is 10.2. The van der Waals surface area contributed by atoms with Crippen molar-refractivity contribution in [1.82, 2.24) is 25.2 Å². The van der Waals surface area contributed by atoms with Gasteiger partial charge in [0.15, 0.2) is 5.65 Å². The fourth-order valence-electron chi connectivity index (χ4n) is 3.16. The van der Waals surface area contributed by atoms with Crippen molar-refractivity contribution in [2.45, 2.75) is 12.8 Å². The summed E-state index contributed by atoms with van der Waals surface area (Å²) in [6.07, 6.45) is 5.62. The van der Waals surface area contributed by atoms with Crippen LogP contribution in [0.3, 0.4) is 0 Å². The molecule has 1 aromatic carbocycles. The van der Waals surface area contributed by atoms with E-state index in [1.165, 1.54) is 12.8 Å². The molecule has 9 nitrogen and oxygen atoms in total. The first-order valence-corrected chi connectivity index (χ1v) is 9.92. The highest BCUT2D eigenvalue weighted by atomic mass is 35.5. The fourth-order valence-corrected chi connectivity index (χ4v) is 3.29. The van der Waals surface area contributed by atoms with E-state index in [2.05, 4.69) is 31.3 Å². The Hall–Kier alpha value is -3.59. The summed E-state index contributed by atoms with van der Waals surface area (Å²) in [5.41, 5.74) is 2.15. The highest BCUT2D eigenvalue weighted by Crippen LogP contribution is 2.30. The number of aromatic nitrogens is 3. The normalized spacial score (nSPS) is 17.3. The van der Waals surface area contributed by atoms with E-state index < -0.39 is 11.9 Å². The number of hydrogen-bond acceptors (Lipinski definition) is 6. The molecule has 10 heteroatoms. The van der Waals surface area contributed by atoms with Crippen LogP contribution in [0.25, 0.3) is 11.7 Å². The second-order valence-corrected chi connectivity index (χ2v) is 7.72. The number of hydrogen-bond donors (Lipinski definition) is 4. The molecular weight excluding hydrogens is 406 g/mol. The molecule has 1 saturated carbocycles. The van der Waals surface area contributed by atoms with Gasteiger partial charge in [0.05, 0.1) is 6.20 Å². The number of benzene rings is 1. The van der Waals surface area contributed by atoms with Gasteiger partial charge in [0.1, 0.15) is 17.3 Å². The van der Waals surface area contributed by atoms with Crippen molar-refractivity contribution in [2.75, 3.05) is 17.2 Å². The van der Waals surface area contributed by atoms with Gasteiger partial charge in [-0.15, -0.1) is 0 Å². The molecule has 0 bridgehead atoms. The first-order valence-electron chi connectivity index (χ1n) is 9.54. The van der Waals surface area contributed by atoms with Crippen LogP contribution < -0.4 is 21.3 Å². The van der Waals surface area contributed by atoms with Gasteiger partial charge in [-0.1, -0.05) is 11.6 Å². The quantitative estimate of drug-likeness (QED) is 0.358. The largest absolute Gasteiger partial charge is 0.370 e. The summed E-state index contributed by atoms with van der Waals surface area (Å²) in [4.78, 5) is 28.0. The molecule has 4 N–H and O–H groups in total. The molecule has 1 aliphatic heterocycles. The van der Waals surface area contributed by atoms with Crippen LogP contribution in [-0.4, -0.2) is 33.1 Å². The number of nitrogens with one attached hydrogen (secondary N) is 4. The smallest absolute Gasteiger partial charge is 0.326 e. The zero-order valence-corrected chi connectivity index (χ0v) is 16.5. The number of carbonyl (C=O) groups is 2. The Kier molecular flexibility index (Phi) is 4.51. The topological polar surface area (TPSA) is 112 Å². The van der Waals surface area contributed by atoms with E-state index in [4.69, 9.17) is 11.6 Å². The van der Waals surface area contributed by atoms with Crippen molar-refractivity contribution in [1.29, 1.82) is 0 Å². The van der Waals surface area contributed by atoms with E-state index in [9.17, 15) is 9.59 Å². The summed E-state index contributed by atoms with van der Waals surface area (Å²) in [6.45, 7) is 0.855. The standard InChI is InChI=1S/C20H18ClN7O2/c21-13-3-5-14(6-4-13)24-16-8-17(22-9-11-1-2-11)28-18(26-16)12(10-23-28)7-15-19(29)27-20(30)25-15/h3-8,10-11,22H,1-2,9H2,(H,24,26)(H2,25,27,29,30)/b15-7-. The van der Waals surface area contributed by atoms with Crippen LogP contribution in [-0.2, 0) is 4.79 Å². The molecule has 3 amide bonds. The van der Waals surface area contributed by atoms with Crippen LogP contribution in [0, 0.1) is 5.92 Å². The Morgan fingerprint density at radius 1 is 1.20 bits per heavy atom. The zero-order chi connectivity index (χ0) is 20.7. The van der Waals surface area contributed by atoms with Gasteiger partial charge in [-0.2, -0.15) is 9.61 Å². The molecule has 0 atom stereocenters. The number of nitrogens with zero attached hydrogens (tertiary/aromatic N) is 3. The van der Waals surface area contributed by atoms with Crippen molar-refractivity contribution in [2.24, 2.45) is 5.92 Å². The SMILES string of the molecule is O=C1NC(=O)/C(=C/c2cnn3c(NCC4CC4)cc(Nc4ccc(Cl)cc4)nc23)N1. The molecule has 1 saturated heterocycles. The molecular formula is C20H18ClN7O2. The van der Waals surface area contributed by atoms with Crippen molar-refractivity contribution >= 4 is 52.6 Å². The molecule has 5 rings (SSSR count). The minimum atomic E-state index is -0.549. The van der Waals surface area contributed by atoms with Gasteiger partial charge >= 0.3 is 6.03 Å². The highest BCUT2D eigenvalue weighted by molar-refractivity contribution is 6.30. The number of carbonyl (C=O) groups excluding carboxylic acids is 2. The number of fused-ring (bicyclic) bond motifs is 1. The molecule has 2 fully saturated rings. The number of imide groups is 1. The summed E-state index contributed by atoms with van der Waals surface area (Å²) in [5.74, 6) is 1.59. The minimum absolute atomic E-state index is 0.153. The van der Waals surface area contributed by atoms with Gasteiger partial charge in [-0.05, 0) is 49.1 Å². The molecule has 0 radical (unpaired) electrons. The second-order valence-electron chi connectivity index (χ2n) is 7.28. The maximum Gasteiger partial charge on any atom is 0.326 e. The average Bonchev–Trinajstić information content (AvgIpc) is 3.39. The van der Waals surface area contributed by atoms with Crippen molar-refractivity contribution < 1.29 is 9.59 Å². The van der Waals surface area contributed by atoms with Gasteiger partial charge in [0.25, 0.3) is 5.91 Å². The van der Waals surface area contributed by atoms with E-state index >= 15 is 0 Å². The Balaban J connectivity index is 1.54. The van der Waals surface area contributed by atoms with E-state index in [-0.39, 0.29) is 5.70 Å². The van der Waals surface area contributed by atoms with Crippen LogP contribution in [0.5, 0.6) is 0 Å². The van der Waals surface area contributed by atoms with E-state index in [1.807, 2.05) is 18.2 Å². The summed E-state index contributed by atoms with van der Waals surface area (Å²) in [5, 5.41) is 16.4. The molecule has 2 aliphatic rings. The number of rotatable bonds is 6. The Labute approximate surface area is 176 Å². The van der Waals surface area contributed by atoms with Gasteiger partial charge in [0, 0.05) is 28.9 Å². The van der Waals surface area contributed by atoms with Crippen LogP contribution in [0.4, 0.5) is 22.1 Å². The third kappa shape index (κ3) is 3.79. The second kappa shape index (κ2) is 7.34. The molecule has 0 spiro atoms. The zero-order valence-electron chi connectivity index (χ0n) is 15.8. The van der Waals surface area contributed by atoms with E-state index in [1.54, 1.807) is 28.9 Å². The minimum Gasteiger partial charge on any atom is -0.370 e. The van der Waals surface area contributed by atoms with Crippen LogP contribution in [0.2, 0.25) is 5.02 Å². The van der Waals surface area contributed by atoms with Gasteiger partial charge in [0.2, 0.25) is 0 Å². The fraction of sp³-hybridized carbons (Fsp3) is 0.200. The van der Waals surface area contributed by atoms with Crippen LogP contribution in [0.15, 0.2) is 42.2 Å². The molecule has 0 unspecified atom stereocenters. The van der Waals surface area contributed by atoms with Crippen LogP contribution >= 0.6 is 11.6 Å². The van der Waals surface area contributed by atoms with Gasteiger partial charge in [-0.25, -0.2) is 9.78 Å². The third-order valence-corrected chi connectivity index (χ3v) is 5.16. The summed E-state index contributed by atoms with van der Waals surface area (Å²) in [6, 6.07) is 8.66. The van der Waals surface area contributed by atoms with Crippen molar-refractivity contribution in [3.8, 4) is 0 Å². The van der Waals surface area contributed by atoms with Crippen molar-refractivity contribution in [3.05, 3.63) is 52.8 Å². The average molecular weight is 424 g/mol. The molecule has 1 aliphatic carbocycles. The van der Waals surface area contributed by atoms with Gasteiger partial charge < -0.3 is 16.0 Å². The number of anilines is 3. The summed E-state index contributed by atoms with van der Waals surface area (Å²) in [7, 11) is 0. The van der Waals surface area contributed by atoms with Crippen LogP contribution in [0.1, 0.15) is 18.4 Å². The number of amides is 3. The lowest BCUT2D eigenvalue weighted by Crippen LogP contribution is -2.22. The van der Waals surface area contributed by atoms with Gasteiger partial charge in [-0.3, -0.25) is 10.1 Å². The molecule has 2 aromatic heterocycles. The van der Waals surface area contributed by atoms with E-state index in [0.717, 1.165) is 18.1 Å². The van der Waals surface area contributed by atoms with Crippen molar-refractivity contribution in [3.63, 3.8) is 0 Å². The molecule has 3 heterocycles. The Morgan fingerprint density at radius 3 is 2.70 bits per heavy atom. The third-order valence-electron chi connectivity index (χ3n) is 4.90. The Bertz CT molecular complexity index is 1180. The highest BCUT2D eigenvalue weighted by Gasteiger charge is 2.24. The predicted octanol–water partition coefficient (Wildman–Crippen LogP) is 3.13. The lowest BCUT2D eigenvalue weighted by molar-refractivity contribution is -0.115. The Morgan fingerprint density at radius 2 is 2.00 bits per heavy atom. The summed E-state index contributed by atoms with van der Waals surface area (Å²) < 4.78 is 1.69. The maximum absolute atomic E-state index is 11.9. The number of urea groups is 1. The first-order chi connectivity index (χ1) is 14.5. The molecule has 3 aromatic rings. The van der Waals surface area contributed by atoms with E-state index in [0.29, 0.717) is 28.0 Å². The monoisotopic (exact) mass is 423 g/mol. The maximum atomic E-state index is 11.9. The number of halogens is 1. The predicted molar refractivity (Wildman–Crippen MR) is 114 cm³/mol. The summed E-state index contributed by atoms with van der Waals surface area (Å²) >= 11 is 5.97.